The van der Waals surface area contributed by atoms with Crippen LogP contribution in [0.15, 0.2) is 36.4 Å². The molecule has 1 heterocycles. The van der Waals surface area contributed by atoms with Gasteiger partial charge in [0.15, 0.2) is 11.4 Å². The molecule has 0 amide bonds. The van der Waals surface area contributed by atoms with Gasteiger partial charge in [-0.2, -0.15) is 0 Å². The summed E-state index contributed by atoms with van der Waals surface area (Å²) in [5.41, 5.74) is 7.03. The van der Waals surface area contributed by atoms with E-state index in [9.17, 15) is 14.7 Å². The number of carboxylic acids is 1. The van der Waals surface area contributed by atoms with Gasteiger partial charge in [0.25, 0.3) is 0 Å². The smallest absolute Gasteiger partial charge is 0.358 e. The summed E-state index contributed by atoms with van der Waals surface area (Å²) in [6, 6.07) is 11.4. The van der Waals surface area contributed by atoms with Crippen molar-refractivity contribution in [2.75, 3.05) is 13.2 Å². The molecule has 0 bridgehead atoms. The molecule has 25 heavy (non-hydrogen) atoms. The number of hydrogen-bond acceptors (Lipinski definition) is 6. The monoisotopic (exact) mass is 344 g/mol. The fourth-order valence-electron chi connectivity index (χ4n) is 2.28. The molecule has 0 radical (unpaired) electrons. The van der Waals surface area contributed by atoms with E-state index in [4.69, 9.17) is 15.2 Å². The maximum Gasteiger partial charge on any atom is 0.358 e. The predicted molar refractivity (Wildman–Crippen MR) is 90.4 cm³/mol. The molecule has 0 unspecified atom stereocenters. The standard InChI is InChI=1S/C18H20N2O5/c1-12-9-14(7-8-24-11-13-5-3-2-4-6-13)17(25-15(21)10-19)16(20-12)18(22)23/h2-6,9H,7-8,10-11,19H2,1H3,(H,22,23). The van der Waals surface area contributed by atoms with Gasteiger partial charge in [-0.25, -0.2) is 9.78 Å². The number of hydrogen-bond donors (Lipinski definition) is 2. The summed E-state index contributed by atoms with van der Waals surface area (Å²) in [5, 5.41) is 9.30. The van der Waals surface area contributed by atoms with E-state index in [1.54, 1.807) is 13.0 Å². The number of aryl methyl sites for hydroxylation is 1. The van der Waals surface area contributed by atoms with Gasteiger partial charge < -0.3 is 20.3 Å². The molecule has 0 aliphatic heterocycles. The molecule has 2 rings (SSSR count). The van der Waals surface area contributed by atoms with E-state index in [2.05, 4.69) is 4.98 Å². The number of aromatic carboxylic acids is 1. The Morgan fingerprint density at radius 1 is 1.24 bits per heavy atom. The Bertz CT molecular complexity index is 747. The Hall–Kier alpha value is -2.77. The van der Waals surface area contributed by atoms with Gasteiger partial charge in [0, 0.05) is 11.3 Å². The van der Waals surface area contributed by atoms with Crippen LogP contribution in [0.3, 0.4) is 0 Å². The zero-order valence-electron chi connectivity index (χ0n) is 13.9. The van der Waals surface area contributed by atoms with Crippen molar-refractivity contribution >= 4 is 11.9 Å². The number of rotatable bonds is 8. The largest absolute Gasteiger partial charge is 0.476 e. The maximum absolute atomic E-state index is 11.5. The lowest BCUT2D eigenvalue weighted by molar-refractivity contribution is -0.132. The van der Waals surface area contributed by atoms with E-state index in [-0.39, 0.29) is 18.0 Å². The Morgan fingerprint density at radius 3 is 2.60 bits per heavy atom. The molecule has 1 aromatic heterocycles. The Morgan fingerprint density at radius 2 is 1.96 bits per heavy atom. The molecule has 7 nitrogen and oxygen atoms in total. The van der Waals surface area contributed by atoms with Crippen LogP contribution in [-0.4, -0.2) is 35.2 Å². The lowest BCUT2D eigenvalue weighted by Gasteiger charge is -2.13. The third-order valence-electron chi connectivity index (χ3n) is 3.39. The lowest BCUT2D eigenvalue weighted by atomic mass is 10.1. The molecule has 0 fully saturated rings. The van der Waals surface area contributed by atoms with Gasteiger partial charge in [0.2, 0.25) is 0 Å². The van der Waals surface area contributed by atoms with Crippen LogP contribution in [0.25, 0.3) is 0 Å². The van der Waals surface area contributed by atoms with Gasteiger partial charge >= 0.3 is 11.9 Å². The van der Waals surface area contributed by atoms with E-state index in [1.165, 1.54) is 0 Å². The average molecular weight is 344 g/mol. The van der Waals surface area contributed by atoms with Crippen molar-refractivity contribution in [1.29, 1.82) is 0 Å². The van der Waals surface area contributed by atoms with Crippen LogP contribution < -0.4 is 10.5 Å². The number of aromatic nitrogens is 1. The molecule has 7 heteroatoms. The Balaban J connectivity index is 2.11. The number of carbonyl (C=O) groups excluding carboxylic acids is 1. The normalized spacial score (nSPS) is 10.5. The van der Waals surface area contributed by atoms with Crippen LogP contribution in [0, 0.1) is 6.92 Å². The number of benzene rings is 1. The fraction of sp³-hybridized carbons (Fsp3) is 0.278. The van der Waals surface area contributed by atoms with E-state index in [0.717, 1.165) is 5.56 Å². The number of nitrogens with zero attached hydrogens (tertiary/aromatic N) is 1. The predicted octanol–water partition coefficient (Wildman–Crippen LogP) is 1.71. The molecule has 1 aromatic carbocycles. The van der Waals surface area contributed by atoms with Crippen LogP contribution in [0.2, 0.25) is 0 Å². The molecule has 0 aliphatic carbocycles. The van der Waals surface area contributed by atoms with Crippen LogP contribution in [0.4, 0.5) is 0 Å². The first-order valence-corrected chi connectivity index (χ1v) is 7.77. The SMILES string of the molecule is Cc1cc(CCOCc2ccccc2)c(OC(=O)CN)c(C(=O)O)n1. The van der Waals surface area contributed by atoms with E-state index in [1.807, 2.05) is 30.3 Å². The minimum Gasteiger partial charge on any atom is -0.476 e. The van der Waals surface area contributed by atoms with Crippen molar-refractivity contribution in [3.05, 3.63) is 58.9 Å². The first kappa shape index (κ1) is 18.6. The summed E-state index contributed by atoms with van der Waals surface area (Å²) in [5.74, 6) is -2.06. The number of carbonyl (C=O) groups is 2. The number of esters is 1. The van der Waals surface area contributed by atoms with Gasteiger partial charge in [-0.05, 0) is 25.0 Å². The third kappa shape index (κ3) is 5.37. The molecule has 0 spiro atoms. The average Bonchev–Trinajstić information content (AvgIpc) is 2.61. The van der Waals surface area contributed by atoms with Gasteiger partial charge in [0.05, 0.1) is 19.8 Å². The van der Waals surface area contributed by atoms with Crippen molar-refractivity contribution in [2.45, 2.75) is 20.0 Å². The van der Waals surface area contributed by atoms with Crippen molar-refractivity contribution < 1.29 is 24.2 Å². The number of pyridine rings is 1. The Kier molecular flexibility index (Phi) is 6.62. The molecule has 0 saturated heterocycles. The summed E-state index contributed by atoms with van der Waals surface area (Å²) < 4.78 is 10.7. The summed E-state index contributed by atoms with van der Waals surface area (Å²) in [6.07, 6.45) is 0.379. The zero-order chi connectivity index (χ0) is 18.2. The lowest BCUT2D eigenvalue weighted by Crippen LogP contribution is -2.22. The molecule has 0 saturated carbocycles. The first-order valence-electron chi connectivity index (χ1n) is 7.77. The molecule has 132 valence electrons. The van der Waals surface area contributed by atoms with Crippen molar-refractivity contribution in [3.63, 3.8) is 0 Å². The van der Waals surface area contributed by atoms with Crippen LogP contribution in [0.5, 0.6) is 5.75 Å². The maximum atomic E-state index is 11.5. The zero-order valence-corrected chi connectivity index (χ0v) is 13.9. The minimum absolute atomic E-state index is 0.0724. The molecule has 0 atom stereocenters. The summed E-state index contributed by atoms with van der Waals surface area (Å²) >= 11 is 0. The highest BCUT2D eigenvalue weighted by Gasteiger charge is 2.21. The molecule has 3 N–H and O–H groups in total. The fourth-order valence-corrected chi connectivity index (χ4v) is 2.28. The number of ether oxygens (including phenoxy) is 2. The quantitative estimate of drug-likeness (QED) is 0.554. The van der Waals surface area contributed by atoms with Crippen molar-refractivity contribution in [1.82, 2.24) is 4.98 Å². The highest BCUT2D eigenvalue weighted by atomic mass is 16.5. The molecule has 2 aromatic rings. The number of nitrogens with two attached hydrogens (primary N) is 1. The molecular formula is C18H20N2O5. The minimum atomic E-state index is -1.27. The molecular weight excluding hydrogens is 324 g/mol. The highest BCUT2D eigenvalue weighted by Crippen LogP contribution is 2.25. The number of carboxylic acid groups (broad SMARTS) is 1. The van der Waals surface area contributed by atoms with Crippen LogP contribution in [0.1, 0.15) is 27.3 Å². The van der Waals surface area contributed by atoms with Crippen LogP contribution in [-0.2, 0) is 22.6 Å². The van der Waals surface area contributed by atoms with Gasteiger partial charge in [-0.15, -0.1) is 0 Å². The van der Waals surface area contributed by atoms with E-state index in [0.29, 0.717) is 30.9 Å². The van der Waals surface area contributed by atoms with Gasteiger partial charge in [-0.3, -0.25) is 4.79 Å². The van der Waals surface area contributed by atoms with Crippen molar-refractivity contribution in [2.24, 2.45) is 5.73 Å². The summed E-state index contributed by atoms with van der Waals surface area (Å²) in [6.45, 7) is 2.10. The summed E-state index contributed by atoms with van der Waals surface area (Å²) in [4.78, 5) is 26.8. The summed E-state index contributed by atoms with van der Waals surface area (Å²) in [7, 11) is 0. The van der Waals surface area contributed by atoms with E-state index >= 15 is 0 Å². The third-order valence-corrected chi connectivity index (χ3v) is 3.39. The second kappa shape index (κ2) is 8.91. The van der Waals surface area contributed by atoms with Gasteiger partial charge in [0.1, 0.15) is 0 Å². The first-order chi connectivity index (χ1) is 12.0. The van der Waals surface area contributed by atoms with E-state index < -0.39 is 11.9 Å². The van der Waals surface area contributed by atoms with Gasteiger partial charge in [-0.1, -0.05) is 30.3 Å². The second-order valence-electron chi connectivity index (χ2n) is 5.37. The van der Waals surface area contributed by atoms with Crippen LogP contribution >= 0.6 is 0 Å². The molecule has 0 aliphatic rings. The Labute approximate surface area is 145 Å². The second-order valence-corrected chi connectivity index (χ2v) is 5.37. The highest BCUT2D eigenvalue weighted by molar-refractivity contribution is 5.90. The van der Waals surface area contributed by atoms with Crippen molar-refractivity contribution in [3.8, 4) is 5.75 Å². The topological polar surface area (TPSA) is 112 Å².